The predicted molar refractivity (Wildman–Crippen MR) is 161 cm³/mol. The number of methoxy groups -OCH3 is 2. The van der Waals surface area contributed by atoms with Crippen LogP contribution in [0.5, 0.6) is 5.75 Å². The van der Waals surface area contributed by atoms with Gasteiger partial charge in [-0.2, -0.15) is 0 Å². The predicted octanol–water partition coefficient (Wildman–Crippen LogP) is 6.29. The van der Waals surface area contributed by atoms with Gasteiger partial charge in [-0.25, -0.2) is 9.18 Å². The number of hydrogen-bond donors (Lipinski definition) is 1. The topological polar surface area (TPSA) is 132 Å². The number of ether oxygens (including phenoxy) is 2. The van der Waals surface area contributed by atoms with Gasteiger partial charge in [0.1, 0.15) is 5.82 Å². The van der Waals surface area contributed by atoms with Crippen LogP contribution < -0.4 is 9.64 Å². The van der Waals surface area contributed by atoms with E-state index in [4.69, 9.17) is 13.9 Å². The minimum atomic E-state index is -1.13. The van der Waals surface area contributed by atoms with Crippen LogP contribution in [-0.4, -0.2) is 47.2 Å². The van der Waals surface area contributed by atoms with Crippen LogP contribution in [0.15, 0.2) is 92.9 Å². The highest BCUT2D eigenvalue weighted by atomic mass is 32.2. The number of rotatable bonds is 9. The molecule has 1 amide bonds. The van der Waals surface area contributed by atoms with Gasteiger partial charge in [0.25, 0.3) is 5.91 Å². The van der Waals surface area contributed by atoms with E-state index in [1.807, 2.05) is 0 Å². The number of thioether (sulfide) groups is 1. The molecule has 44 heavy (non-hydrogen) atoms. The summed E-state index contributed by atoms with van der Waals surface area (Å²) in [5.74, 6) is -2.44. The molecule has 13 heteroatoms. The second-order valence-corrected chi connectivity index (χ2v) is 11.7. The van der Waals surface area contributed by atoms with Gasteiger partial charge in [-0.3, -0.25) is 14.5 Å². The number of amides is 1. The van der Waals surface area contributed by atoms with Gasteiger partial charge in [-0.05, 0) is 47.5 Å². The summed E-state index contributed by atoms with van der Waals surface area (Å²) in [6.45, 7) is 0. The number of esters is 1. The molecule has 3 aromatic carbocycles. The van der Waals surface area contributed by atoms with Gasteiger partial charge in [-0.1, -0.05) is 59.5 Å². The number of halogens is 1. The molecular weight excluding hydrogens is 609 g/mol. The Hall–Kier alpha value is -5.01. The van der Waals surface area contributed by atoms with E-state index < -0.39 is 29.5 Å². The third-order valence-corrected chi connectivity index (χ3v) is 9.06. The molecule has 0 saturated carbocycles. The number of carbonyl (C=O) groups excluding carboxylic acids is 3. The molecule has 5 aromatic rings. The van der Waals surface area contributed by atoms with Crippen LogP contribution in [0.4, 0.5) is 9.52 Å². The van der Waals surface area contributed by atoms with E-state index >= 15 is 0 Å². The Morgan fingerprint density at radius 1 is 1.07 bits per heavy atom. The minimum Gasteiger partial charge on any atom is -0.503 e. The highest BCUT2D eigenvalue weighted by molar-refractivity contribution is 8.00. The number of aromatic nitrogens is 2. The maximum Gasteiger partial charge on any atom is 0.337 e. The van der Waals surface area contributed by atoms with Crippen molar-refractivity contribution in [3.63, 3.8) is 0 Å². The number of fused-ring (bicyclic) bond motifs is 1. The van der Waals surface area contributed by atoms with Crippen molar-refractivity contribution in [3.8, 4) is 5.75 Å². The molecule has 1 unspecified atom stereocenters. The molecule has 0 saturated heterocycles. The molecule has 1 atom stereocenters. The number of benzene rings is 3. The lowest BCUT2D eigenvalue weighted by Crippen LogP contribution is -2.31. The van der Waals surface area contributed by atoms with Crippen LogP contribution >= 0.6 is 23.1 Å². The van der Waals surface area contributed by atoms with E-state index in [9.17, 15) is 23.9 Å². The van der Waals surface area contributed by atoms with Crippen molar-refractivity contribution in [2.45, 2.75) is 16.1 Å². The highest BCUT2D eigenvalue weighted by Crippen LogP contribution is 2.44. The van der Waals surface area contributed by atoms with E-state index in [0.29, 0.717) is 32.4 Å². The molecule has 0 radical (unpaired) electrons. The normalized spacial score (nSPS) is 14.8. The lowest BCUT2D eigenvalue weighted by molar-refractivity contribution is -0.117. The van der Waals surface area contributed by atoms with E-state index in [0.717, 1.165) is 16.9 Å². The summed E-state index contributed by atoms with van der Waals surface area (Å²) in [7, 11) is 2.73. The summed E-state index contributed by atoms with van der Waals surface area (Å²) < 4.78 is 29.8. The van der Waals surface area contributed by atoms with Gasteiger partial charge in [0.2, 0.25) is 10.9 Å². The van der Waals surface area contributed by atoms with E-state index in [1.54, 1.807) is 42.5 Å². The second kappa shape index (κ2) is 11.9. The van der Waals surface area contributed by atoms with Crippen molar-refractivity contribution in [2.75, 3.05) is 19.1 Å². The van der Waals surface area contributed by atoms with Gasteiger partial charge in [0.05, 0.1) is 31.4 Å². The largest absolute Gasteiger partial charge is 0.503 e. The van der Waals surface area contributed by atoms with Crippen LogP contribution in [-0.2, 0) is 15.3 Å². The smallest absolute Gasteiger partial charge is 0.337 e. The molecule has 1 aliphatic heterocycles. The summed E-state index contributed by atoms with van der Waals surface area (Å²) in [5, 5.41) is 20.3. The maximum absolute atomic E-state index is 14.0. The summed E-state index contributed by atoms with van der Waals surface area (Å²) in [6.07, 6.45) is 0. The number of furan rings is 1. The summed E-state index contributed by atoms with van der Waals surface area (Å²) in [5.41, 5.74) is 1.65. The van der Waals surface area contributed by atoms with Crippen LogP contribution in [0.25, 0.3) is 11.0 Å². The van der Waals surface area contributed by atoms with Crippen molar-refractivity contribution in [1.82, 2.24) is 10.2 Å². The zero-order chi connectivity index (χ0) is 31.0. The molecule has 6 rings (SSSR count). The zero-order valence-corrected chi connectivity index (χ0v) is 24.8. The SMILES string of the molecule is COC(=O)c1ccc(C2C(C(=O)c3cc4cccc(OC)c4o3)=C(O)C(=O)N2c2nnc(SCc3ccc(F)cc3)s2)cc1. The molecule has 0 bridgehead atoms. The third-order valence-electron chi connectivity index (χ3n) is 6.93. The third kappa shape index (κ3) is 5.31. The lowest BCUT2D eigenvalue weighted by Gasteiger charge is -2.24. The molecule has 0 spiro atoms. The molecule has 0 fully saturated rings. The van der Waals surface area contributed by atoms with Gasteiger partial charge in [0.15, 0.2) is 27.2 Å². The Bertz CT molecular complexity index is 1930. The Morgan fingerprint density at radius 2 is 1.82 bits per heavy atom. The van der Waals surface area contributed by atoms with Gasteiger partial charge < -0.3 is 19.0 Å². The number of hydrogen-bond acceptors (Lipinski definition) is 11. The van der Waals surface area contributed by atoms with Gasteiger partial charge in [-0.15, -0.1) is 10.2 Å². The first-order chi connectivity index (χ1) is 21.3. The summed E-state index contributed by atoms with van der Waals surface area (Å²) >= 11 is 2.43. The quantitative estimate of drug-likeness (QED) is 0.0856. The molecule has 2 aromatic heterocycles. The Labute approximate surface area is 257 Å². The van der Waals surface area contributed by atoms with Crippen molar-refractivity contribution in [2.24, 2.45) is 0 Å². The average Bonchev–Trinajstić information content (AvgIpc) is 3.76. The maximum atomic E-state index is 14.0. The standard InChI is InChI=1S/C31H22FN3O7S2/c1-40-21-5-3-4-19-14-22(42-27(19)21)25(36)23-24(17-8-10-18(11-9-17)29(39)41-2)35(28(38)26(23)37)30-33-34-31(44-30)43-15-16-6-12-20(32)13-7-16/h3-14,24,37H,15H2,1-2H3. The molecule has 3 heterocycles. The van der Waals surface area contributed by atoms with Gasteiger partial charge >= 0.3 is 5.97 Å². The number of carbonyl (C=O) groups is 3. The van der Waals surface area contributed by atoms with Crippen molar-refractivity contribution in [3.05, 3.63) is 112 Å². The van der Waals surface area contributed by atoms with E-state index in [-0.39, 0.29) is 27.8 Å². The zero-order valence-electron chi connectivity index (χ0n) is 23.1. The summed E-state index contributed by atoms with van der Waals surface area (Å²) in [4.78, 5) is 40.8. The fraction of sp³-hybridized carbons (Fsp3) is 0.129. The van der Waals surface area contributed by atoms with E-state index in [1.165, 1.54) is 61.2 Å². The fourth-order valence-electron chi connectivity index (χ4n) is 4.79. The number of nitrogens with zero attached hydrogens (tertiary/aromatic N) is 3. The molecule has 222 valence electrons. The van der Waals surface area contributed by atoms with Crippen LogP contribution in [0.2, 0.25) is 0 Å². The lowest BCUT2D eigenvalue weighted by atomic mass is 9.94. The molecular formula is C31H22FN3O7S2. The Kier molecular flexibility index (Phi) is 7.89. The number of Topliss-reactive ketones (excluding diaryl/α,β-unsaturated/α-hetero) is 1. The number of aliphatic hydroxyl groups excluding tert-OH is 1. The van der Waals surface area contributed by atoms with Crippen LogP contribution in [0.1, 0.15) is 38.1 Å². The number of aliphatic hydroxyl groups is 1. The van der Waals surface area contributed by atoms with Crippen LogP contribution in [0.3, 0.4) is 0 Å². The Morgan fingerprint density at radius 3 is 2.52 bits per heavy atom. The average molecular weight is 632 g/mol. The first-order valence-electron chi connectivity index (χ1n) is 13.1. The number of ketones is 1. The van der Waals surface area contributed by atoms with Gasteiger partial charge in [0, 0.05) is 11.1 Å². The first kappa shape index (κ1) is 29.1. The van der Waals surface area contributed by atoms with E-state index in [2.05, 4.69) is 10.2 Å². The molecule has 10 nitrogen and oxygen atoms in total. The molecule has 1 aliphatic rings. The minimum absolute atomic E-state index is 0.107. The highest BCUT2D eigenvalue weighted by Gasteiger charge is 2.47. The van der Waals surface area contributed by atoms with Crippen LogP contribution in [0, 0.1) is 5.82 Å². The first-order valence-corrected chi connectivity index (χ1v) is 14.9. The molecule has 0 aliphatic carbocycles. The monoisotopic (exact) mass is 631 g/mol. The number of anilines is 1. The van der Waals surface area contributed by atoms with Crippen molar-refractivity contribution >= 4 is 56.9 Å². The van der Waals surface area contributed by atoms with Crippen molar-refractivity contribution < 1.29 is 37.8 Å². The van der Waals surface area contributed by atoms with Crippen molar-refractivity contribution in [1.29, 1.82) is 0 Å². The summed E-state index contributed by atoms with van der Waals surface area (Å²) in [6, 6.07) is 17.7. The molecule has 1 N–H and O–H groups in total. The number of para-hydroxylation sites is 1. The fourth-order valence-corrected chi connectivity index (χ4v) is 6.62. The second-order valence-electron chi connectivity index (χ2n) is 9.54. The Balaban J connectivity index is 1.38.